The van der Waals surface area contributed by atoms with Gasteiger partial charge in [-0.2, -0.15) is 0 Å². The molecule has 0 bridgehead atoms. The summed E-state index contributed by atoms with van der Waals surface area (Å²) in [5, 5.41) is 6.18. The molecular formula is C16H28IN5O2. The van der Waals surface area contributed by atoms with Gasteiger partial charge in [0.05, 0.1) is 0 Å². The molecule has 2 N–H and O–H groups in total. The van der Waals surface area contributed by atoms with Crippen molar-refractivity contribution in [1.82, 2.24) is 20.4 Å². The molecule has 2 aliphatic heterocycles. The van der Waals surface area contributed by atoms with Crippen LogP contribution >= 0.6 is 24.0 Å². The lowest BCUT2D eigenvalue weighted by molar-refractivity contribution is -0.127. The number of amides is 2. The normalized spacial score (nSPS) is 23.5. The number of hydrogen-bond acceptors (Lipinski definition) is 3. The molecule has 2 heterocycles. The van der Waals surface area contributed by atoms with E-state index in [2.05, 4.69) is 27.1 Å². The molecule has 2 saturated heterocycles. The van der Waals surface area contributed by atoms with Crippen LogP contribution in [0.4, 0.5) is 0 Å². The topological polar surface area (TPSA) is 77.0 Å². The molecule has 8 heteroatoms. The summed E-state index contributed by atoms with van der Waals surface area (Å²) in [4.78, 5) is 31.6. The van der Waals surface area contributed by atoms with Crippen LogP contribution in [0.1, 0.15) is 19.3 Å². The highest BCUT2D eigenvalue weighted by molar-refractivity contribution is 14.0. The molecule has 0 saturated carbocycles. The van der Waals surface area contributed by atoms with E-state index in [0.717, 1.165) is 38.4 Å². The third-order valence-electron chi connectivity index (χ3n) is 4.42. The average Bonchev–Trinajstić information content (AvgIpc) is 2.87. The molecule has 24 heavy (non-hydrogen) atoms. The van der Waals surface area contributed by atoms with Crippen LogP contribution in [-0.2, 0) is 9.59 Å². The SMILES string of the molecule is C=CCNC(=NCC(=O)N(C)C)N1CCCC2(CNC(=O)C2)C1.I. The molecule has 0 aliphatic carbocycles. The molecule has 7 nitrogen and oxygen atoms in total. The Kier molecular flexibility index (Phi) is 7.98. The van der Waals surface area contributed by atoms with Gasteiger partial charge in [-0.3, -0.25) is 9.59 Å². The predicted octanol–water partition coefficient (Wildman–Crippen LogP) is 0.426. The Hall–Kier alpha value is -1.32. The molecule has 1 spiro atoms. The standard InChI is InChI=1S/C16H27N5O2.HI/c1-4-7-17-15(18-10-14(23)20(2)3)21-8-5-6-16(12-21)9-13(22)19-11-16;/h4H,1,5-12H2,2-3H3,(H,17,18)(H,19,22);1H. The molecule has 2 rings (SSSR count). The second kappa shape index (κ2) is 9.24. The number of hydrogen-bond donors (Lipinski definition) is 2. The maximum atomic E-state index is 11.8. The zero-order valence-electron chi connectivity index (χ0n) is 14.5. The van der Waals surface area contributed by atoms with Crippen LogP contribution in [-0.4, -0.2) is 74.4 Å². The van der Waals surface area contributed by atoms with Crippen LogP contribution in [0.25, 0.3) is 0 Å². The number of likely N-dealkylation sites (tertiary alicyclic amines) is 1. The predicted molar refractivity (Wildman–Crippen MR) is 105 cm³/mol. The maximum absolute atomic E-state index is 11.8. The number of rotatable bonds is 4. The van der Waals surface area contributed by atoms with Gasteiger partial charge in [-0.25, -0.2) is 4.99 Å². The summed E-state index contributed by atoms with van der Waals surface area (Å²) >= 11 is 0. The van der Waals surface area contributed by atoms with Gasteiger partial charge in [0, 0.05) is 52.1 Å². The maximum Gasteiger partial charge on any atom is 0.243 e. The second-order valence-electron chi connectivity index (χ2n) is 6.58. The summed E-state index contributed by atoms with van der Waals surface area (Å²) in [6, 6.07) is 0. The zero-order valence-corrected chi connectivity index (χ0v) is 16.8. The van der Waals surface area contributed by atoms with E-state index in [1.54, 1.807) is 20.2 Å². The second-order valence-corrected chi connectivity index (χ2v) is 6.58. The molecule has 1 unspecified atom stereocenters. The van der Waals surface area contributed by atoms with Crippen molar-refractivity contribution in [2.24, 2.45) is 10.4 Å². The van der Waals surface area contributed by atoms with Crippen molar-refractivity contribution in [1.29, 1.82) is 0 Å². The number of piperidine rings is 1. The first-order chi connectivity index (χ1) is 11.0. The molecule has 2 aliphatic rings. The van der Waals surface area contributed by atoms with E-state index >= 15 is 0 Å². The Morgan fingerprint density at radius 3 is 2.88 bits per heavy atom. The Morgan fingerprint density at radius 2 is 2.29 bits per heavy atom. The summed E-state index contributed by atoms with van der Waals surface area (Å²) in [5.41, 5.74) is -0.00246. The van der Waals surface area contributed by atoms with Crippen molar-refractivity contribution in [3.05, 3.63) is 12.7 Å². The Morgan fingerprint density at radius 1 is 1.54 bits per heavy atom. The number of halogens is 1. The minimum atomic E-state index is -0.0349. The van der Waals surface area contributed by atoms with Gasteiger partial charge in [0.25, 0.3) is 0 Å². The van der Waals surface area contributed by atoms with Crippen LogP contribution in [0.15, 0.2) is 17.6 Å². The molecule has 0 aromatic heterocycles. The Bertz CT molecular complexity index is 509. The van der Waals surface area contributed by atoms with Crippen LogP contribution in [0, 0.1) is 5.41 Å². The van der Waals surface area contributed by atoms with E-state index in [4.69, 9.17) is 0 Å². The number of carbonyl (C=O) groups is 2. The van der Waals surface area contributed by atoms with E-state index < -0.39 is 0 Å². The number of nitrogens with one attached hydrogen (secondary N) is 2. The van der Waals surface area contributed by atoms with Crippen LogP contribution in [0.2, 0.25) is 0 Å². The number of likely N-dealkylation sites (N-methyl/N-ethyl adjacent to an activating group) is 1. The van der Waals surface area contributed by atoms with Gasteiger partial charge in [0.1, 0.15) is 6.54 Å². The van der Waals surface area contributed by atoms with Crippen molar-refractivity contribution in [3.63, 3.8) is 0 Å². The number of aliphatic imine (C=N–C) groups is 1. The van der Waals surface area contributed by atoms with Crippen LogP contribution in [0.5, 0.6) is 0 Å². The number of guanidine groups is 1. The van der Waals surface area contributed by atoms with E-state index in [-0.39, 0.29) is 47.8 Å². The minimum Gasteiger partial charge on any atom is -0.355 e. The Labute approximate surface area is 160 Å². The highest BCUT2D eigenvalue weighted by Crippen LogP contribution is 2.35. The van der Waals surface area contributed by atoms with Crippen molar-refractivity contribution in [2.75, 3.05) is 46.8 Å². The molecule has 2 amide bonds. The monoisotopic (exact) mass is 449 g/mol. The lowest BCUT2D eigenvalue weighted by Gasteiger charge is -2.40. The fourth-order valence-electron chi connectivity index (χ4n) is 3.14. The van der Waals surface area contributed by atoms with Gasteiger partial charge in [0.15, 0.2) is 5.96 Å². The van der Waals surface area contributed by atoms with Gasteiger partial charge in [-0.05, 0) is 12.8 Å². The highest BCUT2D eigenvalue weighted by Gasteiger charge is 2.42. The Balaban J connectivity index is 0.00000288. The fourth-order valence-corrected chi connectivity index (χ4v) is 3.14. The quantitative estimate of drug-likeness (QED) is 0.283. The van der Waals surface area contributed by atoms with E-state index in [9.17, 15) is 9.59 Å². The van der Waals surface area contributed by atoms with E-state index in [1.807, 2.05) is 0 Å². The molecule has 2 fully saturated rings. The third-order valence-corrected chi connectivity index (χ3v) is 4.42. The van der Waals surface area contributed by atoms with Crippen molar-refractivity contribution in [2.45, 2.75) is 19.3 Å². The summed E-state index contributed by atoms with van der Waals surface area (Å²) in [6.45, 7) is 6.82. The lowest BCUT2D eigenvalue weighted by atomic mass is 9.79. The molecule has 0 aromatic rings. The number of carbonyl (C=O) groups excluding carboxylic acids is 2. The first-order valence-corrected chi connectivity index (χ1v) is 8.07. The van der Waals surface area contributed by atoms with Gasteiger partial charge >= 0.3 is 0 Å². The first kappa shape index (κ1) is 20.7. The van der Waals surface area contributed by atoms with Crippen LogP contribution < -0.4 is 10.6 Å². The summed E-state index contributed by atoms with van der Waals surface area (Å²) in [7, 11) is 3.45. The van der Waals surface area contributed by atoms with E-state index in [1.165, 1.54) is 4.90 Å². The van der Waals surface area contributed by atoms with Crippen molar-refractivity contribution < 1.29 is 9.59 Å². The molecule has 1 atom stereocenters. The molecule has 0 aromatic carbocycles. The molecule has 136 valence electrons. The average molecular weight is 449 g/mol. The van der Waals surface area contributed by atoms with Gasteiger partial charge in [-0.1, -0.05) is 6.08 Å². The van der Waals surface area contributed by atoms with Gasteiger partial charge in [-0.15, -0.1) is 30.6 Å². The van der Waals surface area contributed by atoms with Crippen LogP contribution in [0.3, 0.4) is 0 Å². The summed E-state index contributed by atoms with van der Waals surface area (Å²) in [5.74, 6) is 0.818. The third kappa shape index (κ3) is 5.35. The smallest absolute Gasteiger partial charge is 0.243 e. The summed E-state index contributed by atoms with van der Waals surface area (Å²) in [6.07, 6.45) is 4.41. The number of nitrogens with zero attached hydrogens (tertiary/aromatic N) is 3. The van der Waals surface area contributed by atoms with E-state index in [0.29, 0.717) is 13.0 Å². The largest absolute Gasteiger partial charge is 0.355 e. The van der Waals surface area contributed by atoms with Crippen molar-refractivity contribution in [3.8, 4) is 0 Å². The molecule has 0 radical (unpaired) electrons. The zero-order chi connectivity index (χ0) is 16.9. The fraction of sp³-hybridized carbons (Fsp3) is 0.688. The first-order valence-electron chi connectivity index (χ1n) is 8.07. The van der Waals surface area contributed by atoms with Gasteiger partial charge < -0.3 is 20.4 Å². The minimum absolute atomic E-state index is 0. The lowest BCUT2D eigenvalue weighted by Crippen LogP contribution is -2.51. The highest BCUT2D eigenvalue weighted by atomic mass is 127. The van der Waals surface area contributed by atoms with Crippen molar-refractivity contribution >= 4 is 41.8 Å². The van der Waals surface area contributed by atoms with Gasteiger partial charge in [0.2, 0.25) is 11.8 Å². The molecular weight excluding hydrogens is 421 g/mol. The summed E-state index contributed by atoms with van der Waals surface area (Å²) < 4.78 is 0.